The van der Waals surface area contributed by atoms with Crippen LogP contribution in [0.1, 0.15) is 28.9 Å². The standard InChI is InChI=1S/C27H24N2O5/c1-16(17-8-10-23(31-2)25(12-17)32-3)28-27(30)20-14-22(29-21-7-5-4-6-19(20)21)18-9-11-24-26(13-18)34-15-33-24/h4-14,16H,15H2,1-3H3,(H,28,30)/t16-/m1/s1. The van der Waals surface area contributed by atoms with E-state index >= 15 is 0 Å². The highest BCUT2D eigenvalue weighted by atomic mass is 16.7. The number of benzene rings is 3. The Kier molecular flexibility index (Phi) is 5.67. The van der Waals surface area contributed by atoms with E-state index in [9.17, 15) is 4.79 Å². The van der Waals surface area contributed by atoms with Crippen molar-refractivity contribution in [1.29, 1.82) is 0 Å². The zero-order valence-corrected chi connectivity index (χ0v) is 19.1. The Balaban J connectivity index is 1.49. The first-order valence-corrected chi connectivity index (χ1v) is 10.9. The van der Waals surface area contributed by atoms with E-state index in [-0.39, 0.29) is 18.7 Å². The van der Waals surface area contributed by atoms with Crippen molar-refractivity contribution in [3.8, 4) is 34.3 Å². The number of hydrogen-bond donors (Lipinski definition) is 1. The normalized spacial score (nSPS) is 12.9. The molecule has 0 radical (unpaired) electrons. The van der Waals surface area contributed by atoms with E-state index in [1.807, 2.05) is 73.7 Å². The van der Waals surface area contributed by atoms with E-state index in [4.69, 9.17) is 23.9 Å². The Morgan fingerprint density at radius 2 is 1.74 bits per heavy atom. The Bertz CT molecular complexity index is 1390. The highest BCUT2D eigenvalue weighted by Crippen LogP contribution is 2.36. The number of rotatable bonds is 6. The smallest absolute Gasteiger partial charge is 0.252 e. The van der Waals surface area contributed by atoms with Crippen molar-refractivity contribution in [1.82, 2.24) is 10.3 Å². The first-order valence-electron chi connectivity index (χ1n) is 10.9. The molecule has 172 valence electrons. The van der Waals surface area contributed by atoms with E-state index in [0.717, 1.165) is 22.0 Å². The topological polar surface area (TPSA) is 78.9 Å². The van der Waals surface area contributed by atoms with Crippen molar-refractivity contribution in [2.75, 3.05) is 21.0 Å². The molecule has 0 fully saturated rings. The molecular formula is C27H24N2O5. The van der Waals surface area contributed by atoms with Crippen LogP contribution >= 0.6 is 0 Å². The number of carbonyl (C=O) groups excluding carboxylic acids is 1. The predicted molar refractivity (Wildman–Crippen MR) is 129 cm³/mol. The summed E-state index contributed by atoms with van der Waals surface area (Å²) in [4.78, 5) is 18.2. The first-order chi connectivity index (χ1) is 16.6. The third-order valence-electron chi connectivity index (χ3n) is 5.88. The summed E-state index contributed by atoms with van der Waals surface area (Å²) >= 11 is 0. The number of pyridine rings is 1. The number of nitrogens with zero attached hydrogens (tertiary/aromatic N) is 1. The van der Waals surface area contributed by atoms with Crippen molar-refractivity contribution in [2.24, 2.45) is 0 Å². The van der Waals surface area contributed by atoms with E-state index in [0.29, 0.717) is 34.3 Å². The summed E-state index contributed by atoms with van der Waals surface area (Å²) in [6.07, 6.45) is 0. The molecule has 0 saturated carbocycles. The van der Waals surface area contributed by atoms with Crippen molar-refractivity contribution >= 4 is 16.8 Å². The summed E-state index contributed by atoms with van der Waals surface area (Å²) in [6, 6.07) is 20.4. The fraction of sp³-hybridized carbons (Fsp3) is 0.185. The Morgan fingerprint density at radius 3 is 2.56 bits per heavy atom. The zero-order chi connectivity index (χ0) is 23.7. The van der Waals surface area contributed by atoms with Gasteiger partial charge in [-0.2, -0.15) is 0 Å². The van der Waals surface area contributed by atoms with Crippen LogP contribution in [0.5, 0.6) is 23.0 Å². The number of carbonyl (C=O) groups is 1. The average Bonchev–Trinajstić information content (AvgIpc) is 3.35. The van der Waals surface area contributed by atoms with Crippen LogP contribution in [0.4, 0.5) is 0 Å². The fourth-order valence-corrected chi connectivity index (χ4v) is 4.05. The van der Waals surface area contributed by atoms with E-state index in [1.165, 1.54) is 0 Å². The van der Waals surface area contributed by atoms with E-state index < -0.39 is 0 Å². The van der Waals surface area contributed by atoms with E-state index in [1.54, 1.807) is 14.2 Å². The number of fused-ring (bicyclic) bond motifs is 2. The van der Waals surface area contributed by atoms with Crippen LogP contribution in [0.15, 0.2) is 66.7 Å². The lowest BCUT2D eigenvalue weighted by atomic mass is 10.0. The highest BCUT2D eigenvalue weighted by molar-refractivity contribution is 6.07. The molecule has 3 aromatic carbocycles. The van der Waals surface area contributed by atoms with Gasteiger partial charge in [0.2, 0.25) is 6.79 Å². The number of amides is 1. The summed E-state index contributed by atoms with van der Waals surface area (Å²) < 4.78 is 21.7. The van der Waals surface area contributed by atoms with Gasteiger partial charge in [-0.15, -0.1) is 0 Å². The number of aromatic nitrogens is 1. The molecule has 2 heterocycles. The van der Waals surface area contributed by atoms with E-state index in [2.05, 4.69) is 5.32 Å². The quantitative estimate of drug-likeness (QED) is 0.433. The van der Waals surface area contributed by atoms with Crippen LogP contribution in [-0.4, -0.2) is 31.9 Å². The lowest BCUT2D eigenvalue weighted by Gasteiger charge is -2.18. The molecule has 7 nitrogen and oxygen atoms in total. The van der Waals surface area contributed by atoms with Crippen molar-refractivity contribution in [2.45, 2.75) is 13.0 Å². The molecule has 1 aliphatic heterocycles. The van der Waals surface area contributed by atoms with Crippen molar-refractivity contribution in [3.63, 3.8) is 0 Å². The SMILES string of the molecule is COc1ccc([C@@H](C)NC(=O)c2cc(-c3ccc4c(c3)OCO4)nc3ccccc23)cc1OC. The van der Waals surface area contributed by atoms with Gasteiger partial charge in [0.05, 0.1) is 37.0 Å². The molecule has 0 spiro atoms. The van der Waals surface area contributed by atoms with Crippen LogP contribution in [0.25, 0.3) is 22.2 Å². The zero-order valence-electron chi connectivity index (χ0n) is 19.1. The Labute approximate surface area is 197 Å². The monoisotopic (exact) mass is 456 g/mol. The summed E-state index contributed by atoms with van der Waals surface area (Å²) in [5, 5.41) is 3.89. The van der Waals surface area contributed by atoms with Crippen LogP contribution in [0, 0.1) is 0 Å². The van der Waals surface area contributed by atoms with Crippen molar-refractivity contribution in [3.05, 3.63) is 77.9 Å². The van der Waals surface area contributed by atoms with Crippen LogP contribution in [0.2, 0.25) is 0 Å². The first kappa shape index (κ1) is 21.6. The van der Waals surface area contributed by atoms with Gasteiger partial charge in [0, 0.05) is 10.9 Å². The average molecular weight is 456 g/mol. The molecule has 0 aliphatic carbocycles. The third kappa shape index (κ3) is 3.96. The molecule has 0 bridgehead atoms. The molecule has 1 amide bonds. The summed E-state index contributed by atoms with van der Waals surface area (Å²) in [7, 11) is 3.18. The molecule has 1 N–H and O–H groups in total. The maximum absolute atomic E-state index is 13.5. The molecule has 7 heteroatoms. The number of ether oxygens (including phenoxy) is 4. The second-order valence-corrected chi connectivity index (χ2v) is 7.95. The Morgan fingerprint density at radius 1 is 0.941 bits per heavy atom. The van der Waals surface area contributed by atoms with Gasteiger partial charge in [-0.1, -0.05) is 24.3 Å². The van der Waals surface area contributed by atoms with Crippen LogP contribution in [0.3, 0.4) is 0 Å². The Hall–Kier alpha value is -4.26. The lowest BCUT2D eigenvalue weighted by Crippen LogP contribution is -2.27. The molecule has 1 atom stereocenters. The molecule has 0 unspecified atom stereocenters. The fourth-order valence-electron chi connectivity index (χ4n) is 4.05. The van der Waals surface area contributed by atoms with Gasteiger partial charge in [-0.25, -0.2) is 4.98 Å². The lowest BCUT2D eigenvalue weighted by molar-refractivity contribution is 0.0941. The highest BCUT2D eigenvalue weighted by Gasteiger charge is 2.19. The second kappa shape index (κ2) is 8.94. The molecular weight excluding hydrogens is 432 g/mol. The number of nitrogens with one attached hydrogen (secondary N) is 1. The largest absolute Gasteiger partial charge is 0.493 e. The molecule has 1 aliphatic rings. The minimum atomic E-state index is -0.256. The van der Waals surface area contributed by atoms with Gasteiger partial charge in [0.25, 0.3) is 5.91 Å². The van der Waals surface area contributed by atoms with Gasteiger partial charge < -0.3 is 24.3 Å². The van der Waals surface area contributed by atoms with Gasteiger partial charge in [-0.3, -0.25) is 4.79 Å². The predicted octanol–water partition coefficient (Wildman–Crippen LogP) is 5.14. The molecule has 34 heavy (non-hydrogen) atoms. The molecule has 0 saturated heterocycles. The molecule has 4 aromatic rings. The maximum Gasteiger partial charge on any atom is 0.252 e. The second-order valence-electron chi connectivity index (χ2n) is 7.95. The van der Waals surface area contributed by atoms with Gasteiger partial charge in [0.15, 0.2) is 23.0 Å². The minimum Gasteiger partial charge on any atom is -0.493 e. The van der Waals surface area contributed by atoms with Gasteiger partial charge in [0.1, 0.15) is 0 Å². The summed E-state index contributed by atoms with van der Waals surface area (Å²) in [6.45, 7) is 2.13. The third-order valence-corrected chi connectivity index (χ3v) is 5.88. The molecule has 1 aromatic heterocycles. The van der Waals surface area contributed by atoms with Crippen molar-refractivity contribution < 1.29 is 23.7 Å². The van der Waals surface area contributed by atoms with Crippen LogP contribution in [-0.2, 0) is 0 Å². The van der Waals surface area contributed by atoms with Gasteiger partial charge >= 0.3 is 0 Å². The number of para-hydroxylation sites is 1. The maximum atomic E-state index is 13.5. The minimum absolute atomic E-state index is 0.192. The van der Waals surface area contributed by atoms with Crippen LogP contribution < -0.4 is 24.3 Å². The molecule has 5 rings (SSSR count). The number of methoxy groups -OCH3 is 2. The summed E-state index contributed by atoms with van der Waals surface area (Å²) in [5.74, 6) is 2.42. The number of hydrogen-bond acceptors (Lipinski definition) is 6. The summed E-state index contributed by atoms with van der Waals surface area (Å²) in [5.41, 5.74) is 3.71. The van der Waals surface area contributed by atoms with Gasteiger partial charge in [-0.05, 0) is 55.0 Å².